The molecule has 1 amide bonds. The van der Waals surface area contributed by atoms with E-state index >= 15 is 0 Å². The maximum absolute atomic E-state index is 12.6. The Hall–Kier alpha value is -2.15. The largest absolute Gasteiger partial charge is 0.475 e. The van der Waals surface area contributed by atoms with E-state index in [0.717, 1.165) is 0 Å². The van der Waals surface area contributed by atoms with E-state index < -0.39 is 5.60 Å². The molecule has 1 aromatic rings. The molecule has 1 aromatic heterocycles. The van der Waals surface area contributed by atoms with E-state index in [0.29, 0.717) is 31.7 Å². The van der Waals surface area contributed by atoms with Gasteiger partial charge in [0.15, 0.2) is 0 Å². The van der Waals surface area contributed by atoms with Crippen LogP contribution in [0.25, 0.3) is 0 Å². The lowest BCUT2D eigenvalue weighted by atomic mass is 10.2. The number of hydrogen-bond acceptors (Lipinski definition) is 6. The Morgan fingerprint density at radius 2 is 1.96 bits per heavy atom. The molecular weight excluding hydrogens is 324 g/mol. The van der Waals surface area contributed by atoms with Gasteiger partial charge in [0.1, 0.15) is 17.8 Å². The molecule has 0 saturated carbocycles. The highest BCUT2D eigenvalue weighted by Gasteiger charge is 2.19. The van der Waals surface area contributed by atoms with Crippen LogP contribution < -0.4 is 4.74 Å². The molecule has 0 radical (unpaired) electrons. The Morgan fingerprint density at radius 3 is 2.60 bits per heavy atom. The van der Waals surface area contributed by atoms with E-state index in [-0.39, 0.29) is 24.2 Å². The summed E-state index contributed by atoms with van der Waals surface area (Å²) in [7, 11) is 3.26. The first-order valence-corrected chi connectivity index (χ1v) is 8.28. The van der Waals surface area contributed by atoms with Crippen LogP contribution in [0.5, 0.6) is 5.88 Å². The van der Waals surface area contributed by atoms with Gasteiger partial charge in [0.2, 0.25) is 5.88 Å². The van der Waals surface area contributed by atoms with E-state index in [1.165, 1.54) is 0 Å². The molecule has 0 unspecified atom stereocenters. The molecule has 1 rings (SSSR count). The van der Waals surface area contributed by atoms with Crippen LogP contribution in [0.1, 0.15) is 44.0 Å². The maximum Gasteiger partial charge on any atom is 0.306 e. The van der Waals surface area contributed by atoms with E-state index in [4.69, 9.17) is 14.2 Å². The van der Waals surface area contributed by atoms with Crippen LogP contribution in [0, 0.1) is 0 Å². The molecule has 140 valence electrons. The minimum atomic E-state index is -0.497. The number of aromatic nitrogens is 1. The molecule has 0 aliphatic heterocycles. The first-order chi connectivity index (χ1) is 11.7. The number of ether oxygens (including phenoxy) is 3. The minimum Gasteiger partial charge on any atom is -0.475 e. The Balaban J connectivity index is 2.55. The number of rotatable bonds is 9. The minimum absolute atomic E-state index is 0.204. The van der Waals surface area contributed by atoms with Crippen molar-refractivity contribution in [1.29, 1.82) is 0 Å². The summed E-state index contributed by atoms with van der Waals surface area (Å²) in [6.07, 6.45) is 2.36. The molecule has 1 heterocycles. The van der Waals surface area contributed by atoms with E-state index in [9.17, 15) is 9.59 Å². The number of methoxy groups -OCH3 is 1. The number of nitrogens with zero attached hydrogens (tertiary/aromatic N) is 2. The maximum atomic E-state index is 12.6. The highest BCUT2D eigenvalue weighted by molar-refractivity contribution is 5.96. The molecule has 0 N–H and O–H groups in total. The lowest BCUT2D eigenvalue weighted by Crippen LogP contribution is -2.29. The molecule has 7 heteroatoms. The number of amides is 1. The normalized spacial score (nSPS) is 11.1. The summed E-state index contributed by atoms with van der Waals surface area (Å²) < 4.78 is 15.7. The van der Waals surface area contributed by atoms with Crippen molar-refractivity contribution < 1.29 is 23.8 Å². The smallest absolute Gasteiger partial charge is 0.306 e. The summed E-state index contributed by atoms with van der Waals surface area (Å²) in [5, 5.41) is 0. The zero-order chi connectivity index (χ0) is 18.9. The second kappa shape index (κ2) is 9.98. The lowest BCUT2D eigenvalue weighted by Gasteiger charge is -2.21. The molecular formula is C18H28N2O5. The van der Waals surface area contributed by atoms with Gasteiger partial charge in [-0.1, -0.05) is 0 Å². The summed E-state index contributed by atoms with van der Waals surface area (Å²) in [4.78, 5) is 29.9. The predicted octanol–water partition coefficient (Wildman–Crippen LogP) is 2.30. The molecule has 0 aromatic carbocycles. The van der Waals surface area contributed by atoms with Crippen LogP contribution in [-0.2, 0) is 14.3 Å². The second-order valence-corrected chi connectivity index (χ2v) is 6.61. The van der Waals surface area contributed by atoms with Crippen LogP contribution in [0.2, 0.25) is 0 Å². The standard InChI is InChI=1S/C18H28N2O5/c1-18(2,3)25-15(21)9-7-11-20(4)17(22)14-8-6-10-19-16(14)24-13-12-23-5/h6,8,10H,7,9,11-13H2,1-5H3. The number of carbonyl (C=O) groups is 2. The summed E-state index contributed by atoms with van der Waals surface area (Å²) >= 11 is 0. The van der Waals surface area contributed by atoms with Crippen molar-refractivity contribution in [3.8, 4) is 5.88 Å². The average Bonchev–Trinajstić information content (AvgIpc) is 2.53. The zero-order valence-electron chi connectivity index (χ0n) is 15.7. The van der Waals surface area contributed by atoms with Gasteiger partial charge in [0.25, 0.3) is 5.91 Å². The molecule has 0 atom stereocenters. The first-order valence-electron chi connectivity index (χ1n) is 8.28. The Bertz CT molecular complexity index is 569. The second-order valence-electron chi connectivity index (χ2n) is 6.61. The number of pyridine rings is 1. The molecule has 25 heavy (non-hydrogen) atoms. The van der Waals surface area contributed by atoms with E-state index in [1.54, 1.807) is 37.4 Å². The molecule has 0 bridgehead atoms. The average molecular weight is 352 g/mol. The third-order valence-electron chi connectivity index (χ3n) is 3.17. The molecule has 0 saturated heterocycles. The molecule has 7 nitrogen and oxygen atoms in total. The van der Waals surface area contributed by atoms with Gasteiger partial charge in [0.05, 0.1) is 6.61 Å². The van der Waals surface area contributed by atoms with Gasteiger partial charge in [-0.3, -0.25) is 9.59 Å². The van der Waals surface area contributed by atoms with Crippen LogP contribution in [0.3, 0.4) is 0 Å². The fraction of sp³-hybridized carbons (Fsp3) is 0.611. The van der Waals surface area contributed by atoms with Crippen LogP contribution >= 0.6 is 0 Å². The SMILES string of the molecule is COCCOc1ncccc1C(=O)N(C)CCCC(=O)OC(C)(C)C. The van der Waals surface area contributed by atoms with Gasteiger partial charge in [0, 0.05) is 33.3 Å². The third-order valence-corrected chi connectivity index (χ3v) is 3.17. The van der Waals surface area contributed by atoms with Gasteiger partial charge in [-0.25, -0.2) is 4.98 Å². The van der Waals surface area contributed by atoms with Crippen molar-refractivity contribution in [2.24, 2.45) is 0 Å². The van der Waals surface area contributed by atoms with Gasteiger partial charge in [-0.2, -0.15) is 0 Å². The van der Waals surface area contributed by atoms with Crippen molar-refractivity contribution in [3.05, 3.63) is 23.9 Å². The van der Waals surface area contributed by atoms with Gasteiger partial charge in [-0.15, -0.1) is 0 Å². The Kier molecular flexibility index (Phi) is 8.34. The molecule has 0 aliphatic rings. The zero-order valence-corrected chi connectivity index (χ0v) is 15.7. The third kappa shape index (κ3) is 7.98. The predicted molar refractivity (Wildman–Crippen MR) is 93.6 cm³/mol. The number of hydrogen-bond donors (Lipinski definition) is 0. The van der Waals surface area contributed by atoms with Gasteiger partial charge >= 0.3 is 5.97 Å². The highest BCUT2D eigenvalue weighted by atomic mass is 16.6. The quantitative estimate of drug-likeness (QED) is 0.501. The fourth-order valence-electron chi connectivity index (χ4n) is 2.05. The van der Waals surface area contributed by atoms with Crippen LogP contribution in [0.15, 0.2) is 18.3 Å². The first kappa shape index (κ1) is 20.9. The van der Waals surface area contributed by atoms with Crippen molar-refractivity contribution in [2.75, 3.05) is 33.9 Å². The van der Waals surface area contributed by atoms with Gasteiger partial charge < -0.3 is 19.1 Å². The van der Waals surface area contributed by atoms with E-state index in [2.05, 4.69) is 4.98 Å². The van der Waals surface area contributed by atoms with Crippen molar-refractivity contribution in [1.82, 2.24) is 9.88 Å². The van der Waals surface area contributed by atoms with Crippen molar-refractivity contribution in [3.63, 3.8) is 0 Å². The summed E-state index contributed by atoms with van der Waals surface area (Å²) in [6.45, 7) is 6.65. The summed E-state index contributed by atoms with van der Waals surface area (Å²) in [5.41, 5.74) is -0.110. The Labute approximate surface area is 149 Å². The van der Waals surface area contributed by atoms with E-state index in [1.807, 2.05) is 20.8 Å². The lowest BCUT2D eigenvalue weighted by molar-refractivity contribution is -0.154. The summed E-state index contributed by atoms with van der Waals surface area (Å²) in [6, 6.07) is 3.35. The van der Waals surface area contributed by atoms with Crippen LogP contribution in [-0.4, -0.2) is 61.3 Å². The molecule has 0 aliphatic carbocycles. The van der Waals surface area contributed by atoms with Crippen molar-refractivity contribution in [2.45, 2.75) is 39.2 Å². The monoisotopic (exact) mass is 352 g/mol. The van der Waals surface area contributed by atoms with Crippen LogP contribution in [0.4, 0.5) is 0 Å². The molecule has 0 spiro atoms. The number of carbonyl (C=O) groups excluding carboxylic acids is 2. The molecule has 0 fully saturated rings. The highest BCUT2D eigenvalue weighted by Crippen LogP contribution is 2.17. The topological polar surface area (TPSA) is 78.0 Å². The fourth-order valence-corrected chi connectivity index (χ4v) is 2.05. The van der Waals surface area contributed by atoms with Crippen molar-refractivity contribution >= 4 is 11.9 Å². The summed E-state index contributed by atoms with van der Waals surface area (Å²) in [5.74, 6) is -0.188. The Morgan fingerprint density at radius 1 is 1.24 bits per heavy atom. The van der Waals surface area contributed by atoms with Gasteiger partial charge in [-0.05, 0) is 39.3 Å². The number of esters is 1.